The molecular weight excluding hydrogens is 244 g/mol. The molecule has 0 amide bonds. The van der Waals surface area contributed by atoms with Gasteiger partial charge < -0.3 is 4.74 Å². The van der Waals surface area contributed by atoms with Crippen LogP contribution in [0, 0.1) is 13.8 Å². The minimum absolute atomic E-state index is 0. The van der Waals surface area contributed by atoms with Gasteiger partial charge in [-0.1, -0.05) is 78.4 Å². The summed E-state index contributed by atoms with van der Waals surface area (Å²) in [6.07, 6.45) is 9.97. The van der Waals surface area contributed by atoms with E-state index in [-0.39, 0.29) is 7.43 Å². The average molecular weight is 280 g/mol. The van der Waals surface area contributed by atoms with Gasteiger partial charge in [0.15, 0.2) is 0 Å². The standard InChI is InChI=1S/C9H12O.C9H20.CH4/c1-7-4-5-8(2)9(6-7)10-3;1-3-5-7-9-8-6-4-2;/h4-6H,1-3H3;3-9H2,1-2H3;1H4. The molecule has 0 saturated heterocycles. The van der Waals surface area contributed by atoms with E-state index in [2.05, 4.69) is 32.9 Å². The minimum atomic E-state index is 0. The van der Waals surface area contributed by atoms with Crippen molar-refractivity contribution in [2.75, 3.05) is 7.11 Å². The Morgan fingerprint density at radius 3 is 1.75 bits per heavy atom. The maximum atomic E-state index is 5.13. The van der Waals surface area contributed by atoms with E-state index >= 15 is 0 Å². The van der Waals surface area contributed by atoms with E-state index in [1.54, 1.807) is 7.11 Å². The highest BCUT2D eigenvalue weighted by Gasteiger charge is 1.95. The molecule has 0 N–H and O–H groups in total. The summed E-state index contributed by atoms with van der Waals surface area (Å²) in [5, 5.41) is 0. The summed E-state index contributed by atoms with van der Waals surface area (Å²) in [5.74, 6) is 0.972. The Morgan fingerprint density at radius 2 is 1.35 bits per heavy atom. The molecule has 1 nitrogen and oxygen atoms in total. The lowest BCUT2D eigenvalue weighted by Gasteiger charge is -2.03. The van der Waals surface area contributed by atoms with Crippen LogP contribution in [-0.4, -0.2) is 7.11 Å². The number of ether oxygens (including phenoxy) is 1. The molecule has 1 aromatic carbocycles. The number of methoxy groups -OCH3 is 1. The summed E-state index contributed by atoms with van der Waals surface area (Å²) in [4.78, 5) is 0. The molecule has 0 heterocycles. The summed E-state index contributed by atoms with van der Waals surface area (Å²) >= 11 is 0. The number of rotatable bonds is 7. The monoisotopic (exact) mass is 280 g/mol. The van der Waals surface area contributed by atoms with E-state index in [0.29, 0.717) is 0 Å². The third-order valence-electron chi connectivity index (χ3n) is 3.27. The van der Waals surface area contributed by atoms with Crippen LogP contribution in [0.25, 0.3) is 0 Å². The van der Waals surface area contributed by atoms with E-state index in [4.69, 9.17) is 4.74 Å². The molecule has 20 heavy (non-hydrogen) atoms. The van der Waals surface area contributed by atoms with Crippen LogP contribution in [0.3, 0.4) is 0 Å². The molecule has 0 atom stereocenters. The molecule has 0 aromatic heterocycles. The fourth-order valence-electron chi connectivity index (χ4n) is 1.96. The van der Waals surface area contributed by atoms with Crippen molar-refractivity contribution in [1.82, 2.24) is 0 Å². The second kappa shape index (κ2) is 14.4. The third-order valence-corrected chi connectivity index (χ3v) is 3.27. The Balaban J connectivity index is 0. The van der Waals surface area contributed by atoms with Crippen molar-refractivity contribution in [1.29, 1.82) is 0 Å². The molecule has 0 aliphatic rings. The van der Waals surface area contributed by atoms with Crippen LogP contribution in [-0.2, 0) is 0 Å². The van der Waals surface area contributed by atoms with Crippen molar-refractivity contribution in [3.63, 3.8) is 0 Å². The molecule has 0 fully saturated rings. The van der Waals surface area contributed by atoms with Gasteiger partial charge in [0, 0.05) is 0 Å². The van der Waals surface area contributed by atoms with Crippen LogP contribution in [0.1, 0.15) is 77.3 Å². The number of unbranched alkanes of at least 4 members (excludes halogenated alkanes) is 6. The van der Waals surface area contributed by atoms with Crippen molar-refractivity contribution in [2.24, 2.45) is 0 Å². The van der Waals surface area contributed by atoms with Crippen molar-refractivity contribution in [2.45, 2.75) is 80.1 Å². The first kappa shape index (κ1) is 21.3. The topological polar surface area (TPSA) is 9.23 Å². The van der Waals surface area contributed by atoms with Gasteiger partial charge in [0.25, 0.3) is 0 Å². The Bertz CT molecular complexity index is 312. The molecule has 0 saturated carbocycles. The van der Waals surface area contributed by atoms with Crippen LogP contribution in [0.15, 0.2) is 18.2 Å². The van der Waals surface area contributed by atoms with Crippen molar-refractivity contribution in [3.8, 4) is 5.75 Å². The predicted molar refractivity (Wildman–Crippen MR) is 92.9 cm³/mol. The quantitative estimate of drug-likeness (QED) is 0.505. The number of hydrogen-bond acceptors (Lipinski definition) is 1. The highest BCUT2D eigenvalue weighted by atomic mass is 16.5. The Kier molecular flexibility index (Phi) is 15.4. The largest absolute Gasteiger partial charge is 0.496 e. The van der Waals surface area contributed by atoms with E-state index in [0.717, 1.165) is 5.75 Å². The normalized spacial score (nSPS) is 9.25. The van der Waals surface area contributed by atoms with Crippen molar-refractivity contribution < 1.29 is 4.74 Å². The SMILES string of the molecule is C.CCCCCCCCC.COc1cc(C)ccc1C. The van der Waals surface area contributed by atoms with Gasteiger partial charge in [-0.3, -0.25) is 0 Å². The zero-order chi connectivity index (χ0) is 14.5. The van der Waals surface area contributed by atoms with E-state index in [9.17, 15) is 0 Å². The molecule has 1 rings (SSSR count). The van der Waals surface area contributed by atoms with Crippen molar-refractivity contribution >= 4 is 0 Å². The lowest BCUT2D eigenvalue weighted by atomic mass is 10.1. The van der Waals surface area contributed by atoms with Gasteiger partial charge in [0.2, 0.25) is 0 Å². The highest BCUT2D eigenvalue weighted by Crippen LogP contribution is 2.17. The Labute approximate surface area is 127 Å². The lowest BCUT2D eigenvalue weighted by Crippen LogP contribution is -1.86. The summed E-state index contributed by atoms with van der Waals surface area (Å²) < 4.78 is 5.13. The van der Waals surface area contributed by atoms with Gasteiger partial charge in [0.1, 0.15) is 5.75 Å². The van der Waals surface area contributed by atoms with Crippen LogP contribution < -0.4 is 4.74 Å². The van der Waals surface area contributed by atoms with E-state index < -0.39 is 0 Å². The zero-order valence-electron chi connectivity index (χ0n) is 13.6. The molecule has 118 valence electrons. The van der Waals surface area contributed by atoms with Gasteiger partial charge in [-0.05, 0) is 31.0 Å². The molecule has 0 radical (unpaired) electrons. The average Bonchev–Trinajstić information content (AvgIpc) is 2.42. The third kappa shape index (κ3) is 10.9. The molecule has 0 bridgehead atoms. The molecule has 1 heteroatoms. The molecular formula is C19H36O. The van der Waals surface area contributed by atoms with Crippen LogP contribution >= 0.6 is 0 Å². The number of benzene rings is 1. The highest BCUT2D eigenvalue weighted by molar-refractivity contribution is 5.35. The first-order valence-electron chi connectivity index (χ1n) is 7.76. The zero-order valence-corrected chi connectivity index (χ0v) is 13.6. The molecule has 0 aliphatic heterocycles. The fraction of sp³-hybridized carbons (Fsp3) is 0.684. The molecule has 1 aromatic rings. The van der Waals surface area contributed by atoms with Gasteiger partial charge in [-0.25, -0.2) is 0 Å². The van der Waals surface area contributed by atoms with Gasteiger partial charge in [0.05, 0.1) is 7.11 Å². The summed E-state index contributed by atoms with van der Waals surface area (Å²) in [6, 6.07) is 6.18. The lowest BCUT2D eigenvalue weighted by molar-refractivity contribution is 0.411. The Hall–Kier alpha value is -0.980. The van der Waals surface area contributed by atoms with E-state index in [1.165, 1.54) is 56.1 Å². The first-order chi connectivity index (χ1) is 9.15. The summed E-state index contributed by atoms with van der Waals surface area (Å²) in [5.41, 5.74) is 2.43. The van der Waals surface area contributed by atoms with Gasteiger partial charge >= 0.3 is 0 Å². The van der Waals surface area contributed by atoms with Crippen LogP contribution in [0.5, 0.6) is 5.75 Å². The van der Waals surface area contributed by atoms with Crippen LogP contribution in [0.2, 0.25) is 0 Å². The molecule has 0 unspecified atom stereocenters. The van der Waals surface area contributed by atoms with Crippen LogP contribution in [0.4, 0.5) is 0 Å². The van der Waals surface area contributed by atoms with Crippen molar-refractivity contribution in [3.05, 3.63) is 29.3 Å². The molecule has 0 aliphatic carbocycles. The number of hydrogen-bond donors (Lipinski definition) is 0. The van der Waals surface area contributed by atoms with Gasteiger partial charge in [-0.2, -0.15) is 0 Å². The second-order valence-corrected chi connectivity index (χ2v) is 5.24. The first-order valence-corrected chi connectivity index (χ1v) is 7.76. The summed E-state index contributed by atoms with van der Waals surface area (Å²) in [6.45, 7) is 8.62. The molecule has 0 spiro atoms. The number of aryl methyl sites for hydroxylation is 2. The fourth-order valence-corrected chi connectivity index (χ4v) is 1.96. The summed E-state index contributed by atoms with van der Waals surface area (Å²) in [7, 11) is 1.70. The predicted octanol–water partition coefficient (Wildman–Crippen LogP) is 6.71. The van der Waals surface area contributed by atoms with E-state index in [1.807, 2.05) is 13.0 Å². The maximum absolute atomic E-state index is 5.13. The van der Waals surface area contributed by atoms with Gasteiger partial charge in [-0.15, -0.1) is 0 Å². The minimum Gasteiger partial charge on any atom is -0.496 e. The Morgan fingerprint density at radius 1 is 0.850 bits per heavy atom. The second-order valence-electron chi connectivity index (χ2n) is 5.24. The maximum Gasteiger partial charge on any atom is 0.122 e. The smallest absolute Gasteiger partial charge is 0.122 e.